The fourth-order valence-corrected chi connectivity index (χ4v) is 4.06. The van der Waals surface area contributed by atoms with Crippen molar-refractivity contribution < 1.29 is 14.4 Å². The molecule has 2 heterocycles. The van der Waals surface area contributed by atoms with E-state index in [9.17, 15) is 10.1 Å². The van der Waals surface area contributed by atoms with E-state index in [1.165, 1.54) is 6.07 Å². The number of hydrogen-bond acceptors (Lipinski definition) is 6. The molecule has 0 aliphatic carbocycles. The average molecular weight is 401 g/mol. The molecule has 0 radical (unpaired) electrons. The number of rotatable bonds is 4. The number of nitro groups is 1. The Bertz CT molecular complexity index is 1140. The summed E-state index contributed by atoms with van der Waals surface area (Å²) in [6.07, 6.45) is 0.00588. The lowest BCUT2D eigenvalue weighted by Crippen LogP contribution is -2.34. The van der Waals surface area contributed by atoms with Crippen LogP contribution < -0.4 is 9.47 Å². The van der Waals surface area contributed by atoms with Crippen LogP contribution in [0.5, 0.6) is 11.5 Å². The summed E-state index contributed by atoms with van der Waals surface area (Å²) >= 11 is 0. The van der Waals surface area contributed by atoms with Gasteiger partial charge in [-0.3, -0.25) is 10.1 Å². The van der Waals surface area contributed by atoms with Crippen LogP contribution in [0.2, 0.25) is 0 Å². The monoisotopic (exact) mass is 401 g/mol. The molecule has 2 aliphatic rings. The summed E-state index contributed by atoms with van der Waals surface area (Å²) in [6, 6.07) is 22.2. The lowest BCUT2D eigenvalue weighted by molar-refractivity contribution is -0.386. The van der Waals surface area contributed by atoms with Crippen LogP contribution >= 0.6 is 0 Å². The van der Waals surface area contributed by atoms with E-state index in [-0.39, 0.29) is 16.7 Å². The molecule has 0 N–H and O–H groups in total. The van der Waals surface area contributed by atoms with Crippen LogP contribution in [0.15, 0.2) is 77.9 Å². The van der Waals surface area contributed by atoms with E-state index >= 15 is 0 Å². The molecule has 2 atom stereocenters. The summed E-state index contributed by atoms with van der Waals surface area (Å²) in [5.41, 5.74) is 3.44. The van der Waals surface area contributed by atoms with Crippen LogP contribution in [0.1, 0.15) is 35.4 Å². The van der Waals surface area contributed by atoms with Crippen LogP contribution in [0.4, 0.5) is 5.69 Å². The molecule has 0 aromatic heterocycles. The van der Waals surface area contributed by atoms with Gasteiger partial charge in [-0.2, -0.15) is 5.10 Å². The Hall–Kier alpha value is -3.87. The molecule has 0 saturated heterocycles. The van der Waals surface area contributed by atoms with Gasteiger partial charge in [0, 0.05) is 18.1 Å². The van der Waals surface area contributed by atoms with E-state index in [0.717, 1.165) is 28.3 Å². The Morgan fingerprint density at radius 2 is 1.73 bits per heavy atom. The number of methoxy groups -OCH3 is 1. The zero-order valence-corrected chi connectivity index (χ0v) is 16.3. The van der Waals surface area contributed by atoms with Crippen LogP contribution in [-0.4, -0.2) is 22.8 Å². The van der Waals surface area contributed by atoms with Crippen LogP contribution in [0.25, 0.3) is 0 Å². The summed E-state index contributed by atoms with van der Waals surface area (Å²) in [4.78, 5) is 11.3. The summed E-state index contributed by atoms with van der Waals surface area (Å²) in [6.45, 7) is 0. The third kappa shape index (κ3) is 2.95. The average Bonchev–Trinajstić information content (AvgIpc) is 3.24. The molecule has 0 amide bonds. The number of fused-ring (bicyclic) bond motifs is 3. The first-order chi connectivity index (χ1) is 14.7. The molecule has 150 valence electrons. The molecule has 7 heteroatoms. The normalized spacial score (nSPS) is 19.4. The molecular formula is C23H19N3O4. The molecular weight excluding hydrogens is 382 g/mol. The van der Waals surface area contributed by atoms with E-state index in [1.807, 2.05) is 53.5 Å². The SMILES string of the molecule is COc1ccc(C2=NN3C(C2)c2ccccc2OC3c2ccccc2[N+](=O)[O-])cc1. The van der Waals surface area contributed by atoms with Crippen molar-refractivity contribution in [2.45, 2.75) is 18.7 Å². The molecule has 0 bridgehead atoms. The minimum atomic E-state index is -0.678. The van der Waals surface area contributed by atoms with Gasteiger partial charge in [0.2, 0.25) is 6.23 Å². The van der Waals surface area contributed by atoms with Crippen molar-refractivity contribution in [3.8, 4) is 11.5 Å². The van der Waals surface area contributed by atoms with Gasteiger partial charge in [-0.1, -0.05) is 30.3 Å². The van der Waals surface area contributed by atoms with Gasteiger partial charge in [-0.25, -0.2) is 5.01 Å². The molecule has 0 fully saturated rings. The molecule has 7 nitrogen and oxygen atoms in total. The van der Waals surface area contributed by atoms with Gasteiger partial charge in [0.25, 0.3) is 5.69 Å². The largest absolute Gasteiger partial charge is 0.497 e. The van der Waals surface area contributed by atoms with Gasteiger partial charge < -0.3 is 9.47 Å². The van der Waals surface area contributed by atoms with Crippen molar-refractivity contribution >= 4 is 11.4 Å². The zero-order valence-electron chi connectivity index (χ0n) is 16.3. The Labute approximate surface area is 173 Å². The quantitative estimate of drug-likeness (QED) is 0.462. The summed E-state index contributed by atoms with van der Waals surface area (Å²) in [7, 11) is 1.63. The maximum absolute atomic E-state index is 11.6. The Kier molecular flexibility index (Phi) is 4.35. The summed E-state index contributed by atoms with van der Waals surface area (Å²) in [5, 5.41) is 18.3. The van der Waals surface area contributed by atoms with Crippen LogP contribution in [-0.2, 0) is 0 Å². The van der Waals surface area contributed by atoms with Crippen molar-refractivity contribution in [2.75, 3.05) is 7.11 Å². The predicted molar refractivity (Wildman–Crippen MR) is 112 cm³/mol. The van der Waals surface area contributed by atoms with E-state index in [2.05, 4.69) is 0 Å². The number of ether oxygens (including phenoxy) is 2. The van der Waals surface area contributed by atoms with Gasteiger partial charge in [0.1, 0.15) is 11.5 Å². The van der Waals surface area contributed by atoms with E-state index in [4.69, 9.17) is 14.6 Å². The number of para-hydroxylation sites is 2. The first-order valence-electron chi connectivity index (χ1n) is 9.65. The third-order valence-corrected chi connectivity index (χ3v) is 5.52. The highest BCUT2D eigenvalue weighted by molar-refractivity contribution is 6.02. The second-order valence-corrected chi connectivity index (χ2v) is 7.20. The molecule has 30 heavy (non-hydrogen) atoms. The first kappa shape index (κ1) is 18.2. The van der Waals surface area contributed by atoms with Gasteiger partial charge in [-0.15, -0.1) is 0 Å². The zero-order chi connectivity index (χ0) is 20.7. The molecule has 2 unspecified atom stereocenters. The second-order valence-electron chi connectivity index (χ2n) is 7.20. The Morgan fingerprint density at radius 3 is 2.47 bits per heavy atom. The van der Waals surface area contributed by atoms with Crippen molar-refractivity contribution in [3.05, 3.63) is 99.6 Å². The summed E-state index contributed by atoms with van der Waals surface area (Å²) in [5.74, 6) is 1.51. The molecule has 3 aromatic rings. The highest BCUT2D eigenvalue weighted by atomic mass is 16.6. The van der Waals surface area contributed by atoms with Crippen molar-refractivity contribution in [1.82, 2.24) is 5.01 Å². The van der Waals surface area contributed by atoms with Crippen molar-refractivity contribution in [3.63, 3.8) is 0 Å². The van der Waals surface area contributed by atoms with Crippen LogP contribution in [0, 0.1) is 10.1 Å². The molecule has 0 spiro atoms. The minimum absolute atomic E-state index is 0.0220. The predicted octanol–water partition coefficient (Wildman–Crippen LogP) is 4.85. The number of nitro benzene ring substituents is 1. The molecule has 0 saturated carbocycles. The number of hydrazone groups is 1. The fraction of sp³-hybridized carbons (Fsp3) is 0.174. The highest BCUT2D eigenvalue weighted by Crippen LogP contribution is 2.48. The van der Waals surface area contributed by atoms with Crippen LogP contribution in [0.3, 0.4) is 0 Å². The number of nitrogens with zero attached hydrogens (tertiary/aromatic N) is 3. The van der Waals surface area contributed by atoms with Gasteiger partial charge in [0.05, 0.1) is 29.4 Å². The molecule has 5 rings (SSSR count). The van der Waals surface area contributed by atoms with Crippen molar-refractivity contribution in [1.29, 1.82) is 0 Å². The lowest BCUT2D eigenvalue weighted by Gasteiger charge is -2.37. The van der Waals surface area contributed by atoms with Gasteiger partial charge in [0.15, 0.2) is 0 Å². The van der Waals surface area contributed by atoms with Gasteiger partial charge >= 0.3 is 0 Å². The fourth-order valence-electron chi connectivity index (χ4n) is 4.06. The second kappa shape index (κ2) is 7.18. The highest BCUT2D eigenvalue weighted by Gasteiger charge is 2.42. The minimum Gasteiger partial charge on any atom is -0.497 e. The Balaban J connectivity index is 1.60. The van der Waals surface area contributed by atoms with E-state index < -0.39 is 6.23 Å². The smallest absolute Gasteiger partial charge is 0.278 e. The maximum Gasteiger partial charge on any atom is 0.278 e. The lowest BCUT2D eigenvalue weighted by atomic mass is 9.95. The molecule has 2 aliphatic heterocycles. The van der Waals surface area contributed by atoms with Gasteiger partial charge in [-0.05, 0) is 42.0 Å². The number of benzene rings is 3. The molecule has 3 aromatic carbocycles. The first-order valence-corrected chi connectivity index (χ1v) is 9.65. The summed E-state index contributed by atoms with van der Waals surface area (Å²) < 4.78 is 11.5. The Morgan fingerprint density at radius 1 is 1.03 bits per heavy atom. The number of hydrogen-bond donors (Lipinski definition) is 0. The van der Waals surface area contributed by atoms with E-state index in [1.54, 1.807) is 25.3 Å². The third-order valence-electron chi connectivity index (χ3n) is 5.52. The topological polar surface area (TPSA) is 77.2 Å². The maximum atomic E-state index is 11.6. The standard InChI is InChI=1S/C23H19N3O4/c1-29-16-12-10-15(11-13-16)19-14-21-17-6-3-5-9-22(17)30-23(25(21)24-19)18-7-2-4-8-20(18)26(27)28/h2-13,21,23H,14H2,1H3. The van der Waals surface area contributed by atoms with Crippen molar-refractivity contribution in [2.24, 2.45) is 5.10 Å². The van der Waals surface area contributed by atoms with E-state index in [0.29, 0.717) is 12.0 Å².